The zero-order valence-electron chi connectivity index (χ0n) is 10.9. The highest BCUT2D eigenvalue weighted by molar-refractivity contribution is 5.91. The summed E-state index contributed by atoms with van der Waals surface area (Å²) in [7, 11) is 0. The van der Waals surface area contributed by atoms with E-state index in [0.29, 0.717) is 18.8 Å². The Labute approximate surface area is 111 Å². The van der Waals surface area contributed by atoms with Crippen LogP contribution in [0.3, 0.4) is 0 Å². The number of aryl methyl sites for hydroxylation is 1. The average molecular weight is 263 g/mol. The molecule has 102 valence electrons. The summed E-state index contributed by atoms with van der Waals surface area (Å²) >= 11 is 0. The Morgan fingerprint density at radius 1 is 1.37 bits per heavy atom. The number of carboxylic acids is 1. The number of carbonyl (C=O) groups is 2. The molecular weight excluding hydrogens is 246 g/mol. The predicted octanol–water partition coefficient (Wildman–Crippen LogP) is 1.91. The summed E-state index contributed by atoms with van der Waals surface area (Å²) in [5.74, 6) is 0.122. The number of likely N-dealkylation sites (tertiary alicyclic amines) is 1. The number of hydrogen-bond acceptors (Lipinski definition) is 3. The molecule has 1 aliphatic carbocycles. The quantitative estimate of drug-likeness (QED) is 0.884. The van der Waals surface area contributed by atoms with Crippen molar-refractivity contribution in [1.82, 2.24) is 4.90 Å². The molecule has 0 radical (unpaired) electrons. The lowest BCUT2D eigenvalue weighted by atomic mass is 9.90. The number of carboxylic acid groups (broad SMARTS) is 1. The fourth-order valence-electron chi connectivity index (χ4n) is 3.11. The zero-order valence-corrected chi connectivity index (χ0v) is 10.9. The van der Waals surface area contributed by atoms with E-state index in [4.69, 9.17) is 9.52 Å². The van der Waals surface area contributed by atoms with Gasteiger partial charge in [-0.25, -0.2) is 0 Å². The van der Waals surface area contributed by atoms with Crippen molar-refractivity contribution in [2.75, 3.05) is 13.1 Å². The maximum Gasteiger partial charge on any atom is 0.307 e. The van der Waals surface area contributed by atoms with E-state index in [1.165, 1.54) is 0 Å². The van der Waals surface area contributed by atoms with Crippen LogP contribution in [0.1, 0.15) is 35.6 Å². The largest absolute Gasteiger partial charge is 0.481 e. The Morgan fingerprint density at radius 2 is 2.05 bits per heavy atom. The third-order valence-electron chi connectivity index (χ3n) is 4.49. The monoisotopic (exact) mass is 263 g/mol. The van der Waals surface area contributed by atoms with Crippen molar-refractivity contribution in [2.45, 2.75) is 26.2 Å². The molecule has 1 saturated carbocycles. The normalized spacial score (nSPS) is 24.5. The standard InChI is InChI=1S/C14H17NO4/c1-9-2-3-11(19-9)12(16)15-6-4-14(5-7-15)8-10(14)13(17)18/h2-3,10H,4-8H2,1H3,(H,17,18). The topological polar surface area (TPSA) is 70.8 Å². The van der Waals surface area contributed by atoms with Crippen LogP contribution in [-0.4, -0.2) is 35.0 Å². The van der Waals surface area contributed by atoms with Crippen molar-refractivity contribution in [3.63, 3.8) is 0 Å². The molecule has 1 aromatic rings. The molecule has 0 aromatic carbocycles. The number of piperidine rings is 1. The van der Waals surface area contributed by atoms with Gasteiger partial charge < -0.3 is 14.4 Å². The van der Waals surface area contributed by atoms with Gasteiger partial charge in [0.05, 0.1) is 5.92 Å². The fourth-order valence-corrected chi connectivity index (χ4v) is 3.11. The third-order valence-corrected chi connectivity index (χ3v) is 4.49. The molecule has 0 bridgehead atoms. The lowest BCUT2D eigenvalue weighted by Crippen LogP contribution is -2.39. The SMILES string of the molecule is Cc1ccc(C(=O)N2CCC3(CC2)CC3C(=O)O)o1. The van der Waals surface area contributed by atoms with Crippen LogP contribution in [0.4, 0.5) is 0 Å². The van der Waals surface area contributed by atoms with Gasteiger partial charge in [0, 0.05) is 13.1 Å². The molecule has 3 rings (SSSR count). The zero-order chi connectivity index (χ0) is 13.6. The minimum absolute atomic E-state index is 0.0400. The van der Waals surface area contributed by atoms with E-state index in [1.807, 2.05) is 6.92 Å². The van der Waals surface area contributed by atoms with Crippen LogP contribution in [-0.2, 0) is 4.79 Å². The minimum atomic E-state index is -0.693. The molecule has 1 spiro atoms. The predicted molar refractivity (Wildman–Crippen MR) is 66.8 cm³/mol. The van der Waals surface area contributed by atoms with Crippen LogP contribution >= 0.6 is 0 Å². The molecule has 1 atom stereocenters. The highest BCUT2D eigenvalue weighted by atomic mass is 16.4. The van der Waals surface area contributed by atoms with Crippen LogP contribution in [0.5, 0.6) is 0 Å². The summed E-state index contributed by atoms with van der Waals surface area (Å²) in [4.78, 5) is 24.9. The summed E-state index contributed by atoms with van der Waals surface area (Å²) in [5.41, 5.74) is -0.0400. The molecule has 5 heteroatoms. The Kier molecular flexibility index (Phi) is 2.66. The number of carbonyl (C=O) groups excluding carboxylic acids is 1. The summed E-state index contributed by atoms with van der Waals surface area (Å²) in [5, 5.41) is 9.03. The molecule has 19 heavy (non-hydrogen) atoms. The van der Waals surface area contributed by atoms with Crippen LogP contribution in [0, 0.1) is 18.3 Å². The van der Waals surface area contributed by atoms with Gasteiger partial charge in [0.15, 0.2) is 5.76 Å². The molecule has 1 amide bonds. The van der Waals surface area contributed by atoms with Gasteiger partial charge in [0.1, 0.15) is 5.76 Å². The van der Waals surface area contributed by atoms with E-state index in [1.54, 1.807) is 17.0 Å². The molecule has 1 aliphatic heterocycles. The number of furan rings is 1. The molecule has 1 unspecified atom stereocenters. The van der Waals surface area contributed by atoms with E-state index < -0.39 is 5.97 Å². The second-order valence-electron chi connectivity index (χ2n) is 5.66. The van der Waals surface area contributed by atoms with Gasteiger partial charge in [-0.15, -0.1) is 0 Å². The van der Waals surface area contributed by atoms with Gasteiger partial charge >= 0.3 is 5.97 Å². The first-order chi connectivity index (χ1) is 9.02. The Bertz CT molecular complexity index is 525. The summed E-state index contributed by atoms with van der Waals surface area (Å²) < 4.78 is 5.34. The number of rotatable bonds is 2. The van der Waals surface area contributed by atoms with E-state index in [9.17, 15) is 9.59 Å². The molecule has 1 aromatic heterocycles. The van der Waals surface area contributed by atoms with Gasteiger partial charge in [0.25, 0.3) is 5.91 Å². The number of nitrogens with zero attached hydrogens (tertiary/aromatic N) is 1. The smallest absolute Gasteiger partial charge is 0.307 e. The third kappa shape index (κ3) is 2.03. The molecule has 1 N–H and O–H groups in total. The maximum atomic E-state index is 12.2. The van der Waals surface area contributed by atoms with Crippen LogP contribution in [0.2, 0.25) is 0 Å². The molecule has 2 heterocycles. The van der Waals surface area contributed by atoms with Gasteiger partial charge in [0.2, 0.25) is 0 Å². The number of hydrogen-bond donors (Lipinski definition) is 1. The van der Waals surface area contributed by atoms with Gasteiger partial charge in [-0.05, 0) is 43.7 Å². The van der Waals surface area contributed by atoms with Crippen LogP contribution in [0.25, 0.3) is 0 Å². The highest BCUT2D eigenvalue weighted by Crippen LogP contribution is 2.59. The molecule has 5 nitrogen and oxygen atoms in total. The van der Waals surface area contributed by atoms with Crippen LogP contribution in [0.15, 0.2) is 16.5 Å². The van der Waals surface area contributed by atoms with Crippen molar-refractivity contribution in [1.29, 1.82) is 0 Å². The first-order valence-corrected chi connectivity index (χ1v) is 6.60. The molecule has 1 saturated heterocycles. The summed E-state index contributed by atoms with van der Waals surface area (Å²) in [6, 6.07) is 3.47. The van der Waals surface area contributed by atoms with Crippen molar-refractivity contribution in [2.24, 2.45) is 11.3 Å². The second-order valence-corrected chi connectivity index (χ2v) is 5.66. The summed E-state index contributed by atoms with van der Waals surface area (Å²) in [6.07, 6.45) is 2.34. The van der Waals surface area contributed by atoms with Crippen molar-refractivity contribution >= 4 is 11.9 Å². The molecule has 2 aliphatic rings. The second kappa shape index (κ2) is 4.11. The first-order valence-electron chi connectivity index (χ1n) is 6.60. The minimum Gasteiger partial charge on any atom is -0.481 e. The highest BCUT2D eigenvalue weighted by Gasteiger charge is 2.59. The Hall–Kier alpha value is -1.78. The lowest BCUT2D eigenvalue weighted by Gasteiger charge is -2.32. The van der Waals surface area contributed by atoms with E-state index in [0.717, 1.165) is 25.0 Å². The van der Waals surface area contributed by atoms with Gasteiger partial charge in [-0.3, -0.25) is 9.59 Å². The van der Waals surface area contributed by atoms with Crippen molar-refractivity contribution in [3.8, 4) is 0 Å². The average Bonchev–Trinajstić information content (AvgIpc) is 2.91. The fraction of sp³-hybridized carbons (Fsp3) is 0.571. The Morgan fingerprint density at radius 3 is 2.53 bits per heavy atom. The van der Waals surface area contributed by atoms with Crippen molar-refractivity contribution in [3.05, 3.63) is 23.7 Å². The Balaban J connectivity index is 1.62. The number of aliphatic carboxylic acids is 1. The van der Waals surface area contributed by atoms with Gasteiger partial charge in [-0.2, -0.15) is 0 Å². The lowest BCUT2D eigenvalue weighted by molar-refractivity contribution is -0.139. The van der Waals surface area contributed by atoms with Crippen LogP contribution < -0.4 is 0 Å². The number of amides is 1. The maximum absolute atomic E-state index is 12.2. The molecular formula is C14H17NO4. The van der Waals surface area contributed by atoms with E-state index in [2.05, 4.69) is 0 Å². The molecule has 2 fully saturated rings. The summed E-state index contributed by atoms with van der Waals surface area (Å²) in [6.45, 7) is 3.06. The van der Waals surface area contributed by atoms with E-state index in [-0.39, 0.29) is 17.2 Å². The van der Waals surface area contributed by atoms with E-state index >= 15 is 0 Å². The first kappa shape index (κ1) is 12.3. The van der Waals surface area contributed by atoms with Crippen molar-refractivity contribution < 1.29 is 19.1 Å². The van der Waals surface area contributed by atoms with Gasteiger partial charge in [-0.1, -0.05) is 0 Å².